The van der Waals surface area contributed by atoms with Crippen molar-refractivity contribution in [2.45, 2.75) is 20.3 Å². The molecule has 1 saturated heterocycles. The first-order chi connectivity index (χ1) is 7.13. The third-order valence-electron chi connectivity index (χ3n) is 2.71. The Hall–Kier alpha value is -0.220. The van der Waals surface area contributed by atoms with Crippen molar-refractivity contribution in [2.75, 3.05) is 31.1 Å². The molecule has 2 atom stereocenters. The minimum Gasteiger partial charge on any atom is -0.341 e. The topological polar surface area (TPSA) is 46.3 Å². The summed E-state index contributed by atoms with van der Waals surface area (Å²) >= 11 is 1.64. The molecule has 1 fully saturated rings. The highest BCUT2D eigenvalue weighted by Crippen LogP contribution is 2.21. The second-order valence-electron chi connectivity index (χ2n) is 4.59. The molecule has 0 bridgehead atoms. The molecule has 0 aromatic carbocycles. The van der Waals surface area contributed by atoms with Gasteiger partial charge in [0.1, 0.15) is 0 Å². The fourth-order valence-corrected chi connectivity index (χ4v) is 2.87. The molecule has 3 nitrogen and oxygen atoms in total. The largest absolute Gasteiger partial charge is 0.341 e. The van der Waals surface area contributed by atoms with E-state index in [0.717, 1.165) is 18.8 Å². The lowest BCUT2D eigenvalue weighted by Crippen LogP contribution is -2.43. The molecule has 2 unspecified atom stereocenters. The van der Waals surface area contributed by atoms with Gasteiger partial charge in [0.15, 0.2) is 0 Å². The van der Waals surface area contributed by atoms with Crippen molar-refractivity contribution in [2.24, 2.45) is 17.6 Å². The number of piperidine rings is 1. The first-order valence-electron chi connectivity index (χ1n) is 5.69. The number of nitrogens with zero attached hydrogens (tertiary/aromatic N) is 1. The third kappa shape index (κ3) is 4.43. The summed E-state index contributed by atoms with van der Waals surface area (Å²) in [5.74, 6) is 3.06. The second-order valence-corrected chi connectivity index (χ2v) is 5.69. The van der Waals surface area contributed by atoms with Gasteiger partial charge in [-0.1, -0.05) is 13.8 Å². The van der Waals surface area contributed by atoms with Gasteiger partial charge in [-0.3, -0.25) is 4.79 Å². The Morgan fingerprint density at radius 3 is 2.53 bits per heavy atom. The zero-order chi connectivity index (χ0) is 11.3. The van der Waals surface area contributed by atoms with E-state index in [1.165, 1.54) is 6.42 Å². The van der Waals surface area contributed by atoms with Crippen LogP contribution in [0.2, 0.25) is 0 Å². The molecule has 1 aliphatic heterocycles. The van der Waals surface area contributed by atoms with Crippen LogP contribution in [0.25, 0.3) is 0 Å². The van der Waals surface area contributed by atoms with Gasteiger partial charge in [0.05, 0.1) is 5.75 Å². The standard InChI is InChI=1S/C11H22N2OS/c1-9-5-10(2)7-13(6-9)11(14)8-15-4-3-12/h9-10H,3-8,12H2,1-2H3. The van der Waals surface area contributed by atoms with Crippen LogP contribution in [0.1, 0.15) is 20.3 Å². The third-order valence-corrected chi connectivity index (χ3v) is 3.68. The quantitative estimate of drug-likeness (QED) is 0.738. The van der Waals surface area contributed by atoms with E-state index in [0.29, 0.717) is 24.1 Å². The zero-order valence-electron chi connectivity index (χ0n) is 9.74. The molecule has 0 aromatic rings. The Balaban J connectivity index is 2.31. The van der Waals surface area contributed by atoms with Crippen LogP contribution in [0, 0.1) is 11.8 Å². The number of amides is 1. The van der Waals surface area contributed by atoms with Crippen LogP contribution in [0.15, 0.2) is 0 Å². The number of likely N-dealkylation sites (tertiary alicyclic amines) is 1. The molecule has 15 heavy (non-hydrogen) atoms. The summed E-state index contributed by atoms with van der Waals surface area (Å²) in [6.45, 7) is 6.98. The summed E-state index contributed by atoms with van der Waals surface area (Å²) in [5.41, 5.74) is 5.39. The number of hydrogen-bond donors (Lipinski definition) is 1. The molecule has 0 radical (unpaired) electrons. The Morgan fingerprint density at radius 2 is 2.00 bits per heavy atom. The predicted molar refractivity (Wildman–Crippen MR) is 65.9 cm³/mol. The number of rotatable bonds is 4. The van der Waals surface area contributed by atoms with Gasteiger partial charge in [-0.15, -0.1) is 0 Å². The van der Waals surface area contributed by atoms with E-state index in [9.17, 15) is 4.79 Å². The highest BCUT2D eigenvalue weighted by Gasteiger charge is 2.24. The number of hydrogen-bond acceptors (Lipinski definition) is 3. The molecule has 88 valence electrons. The monoisotopic (exact) mass is 230 g/mol. The van der Waals surface area contributed by atoms with Gasteiger partial charge in [-0.2, -0.15) is 11.8 Å². The van der Waals surface area contributed by atoms with E-state index in [1.54, 1.807) is 11.8 Å². The zero-order valence-corrected chi connectivity index (χ0v) is 10.6. The van der Waals surface area contributed by atoms with Crippen LogP contribution < -0.4 is 5.73 Å². The van der Waals surface area contributed by atoms with E-state index in [1.807, 2.05) is 4.90 Å². The summed E-state index contributed by atoms with van der Waals surface area (Å²) < 4.78 is 0. The number of thioether (sulfide) groups is 1. The first kappa shape index (κ1) is 12.8. The molecule has 1 amide bonds. The fourth-order valence-electron chi connectivity index (χ4n) is 2.20. The normalized spacial score (nSPS) is 26.7. The molecule has 1 aliphatic rings. The van der Waals surface area contributed by atoms with Crippen molar-refractivity contribution in [3.63, 3.8) is 0 Å². The van der Waals surface area contributed by atoms with Crippen molar-refractivity contribution in [3.05, 3.63) is 0 Å². The van der Waals surface area contributed by atoms with Crippen molar-refractivity contribution in [1.82, 2.24) is 4.90 Å². The lowest BCUT2D eigenvalue weighted by atomic mass is 9.92. The van der Waals surface area contributed by atoms with Crippen LogP contribution in [0.4, 0.5) is 0 Å². The Labute approximate surface area is 96.8 Å². The van der Waals surface area contributed by atoms with Crippen molar-refractivity contribution >= 4 is 17.7 Å². The van der Waals surface area contributed by atoms with Gasteiger partial charge in [-0.05, 0) is 18.3 Å². The Morgan fingerprint density at radius 1 is 1.40 bits per heavy atom. The highest BCUT2D eigenvalue weighted by atomic mass is 32.2. The van der Waals surface area contributed by atoms with Crippen molar-refractivity contribution in [3.8, 4) is 0 Å². The smallest absolute Gasteiger partial charge is 0.232 e. The summed E-state index contributed by atoms with van der Waals surface area (Å²) in [6, 6.07) is 0. The average molecular weight is 230 g/mol. The van der Waals surface area contributed by atoms with Crippen molar-refractivity contribution < 1.29 is 4.79 Å². The van der Waals surface area contributed by atoms with E-state index in [2.05, 4.69) is 13.8 Å². The maximum atomic E-state index is 11.8. The average Bonchev–Trinajstić information content (AvgIpc) is 2.16. The summed E-state index contributed by atoms with van der Waals surface area (Å²) in [7, 11) is 0. The molecule has 0 aliphatic carbocycles. The Bertz CT molecular complexity index is 201. The molecule has 1 heterocycles. The van der Waals surface area contributed by atoms with Crippen LogP contribution in [-0.4, -0.2) is 41.9 Å². The molecule has 0 spiro atoms. The van der Waals surface area contributed by atoms with Crippen LogP contribution >= 0.6 is 11.8 Å². The van der Waals surface area contributed by atoms with Gasteiger partial charge in [0.25, 0.3) is 0 Å². The molecule has 1 rings (SSSR count). The molecule has 0 aromatic heterocycles. The minimum absolute atomic E-state index is 0.284. The maximum absolute atomic E-state index is 11.8. The number of carbonyl (C=O) groups excluding carboxylic acids is 1. The van der Waals surface area contributed by atoms with E-state index in [-0.39, 0.29) is 5.91 Å². The molecule has 2 N–H and O–H groups in total. The van der Waals surface area contributed by atoms with Gasteiger partial charge in [-0.25, -0.2) is 0 Å². The summed E-state index contributed by atoms with van der Waals surface area (Å²) in [6.07, 6.45) is 1.25. The lowest BCUT2D eigenvalue weighted by molar-refractivity contribution is -0.130. The Kier molecular flexibility index (Phi) is 5.47. The molecular weight excluding hydrogens is 208 g/mol. The van der Waals surface area contributed by atoms with E-state index in [4.69, 9.17) is 5.73 Å². The highest BCUT2D eigenvalue weighted by molar-refractivity contribution is 7.99. The maximum Gasteiger partial charge on any atom is 0.232 e. The molecular formula is C11H22N2OS. The first-order valence-corrected chi connectivity index (χ1v) is 6.84. The van der Waals surface area contributed by atoms with E-state index < -0.39 is 0 Å². The number of carbonyl (C=O) groups is 1. The van der Waals surface area contributed by atoms with Crippen LogP contribution in [0.5, 0.6) is 0 Å². The SMILES string of the molecule is CC1CC(C)CN(C(=O)CSCCN)C1. The number of nitrogens with two attached hydrogens (primary N) is 1. The predicted octanol–water partition coefficient (Wildman–Crippen LogP) is 1.18. The van der Waals surface area contributed by atoms with Crippen LogP contribution in [0.3, 0.4) is 0 Å². The summed E-state index contributed by atoms with van der Waals surface area (Å²) in [5, 5.41) is 0. The molecule has 4 heteroatoms. The minimum atomic E-state index is 0.284. The summed E-state index contributed by atoms with van der Waals surface area (Å²) in [4.78, 5) is 13.8. The lowest BCUT2D eigenvalue weighted by Gasteiger charge is -2.35. The molecule has 0 saturated carbocycles. The second kappa shape index (κ2) is 6.38. The van der Waals surface area contributed by atoms with Crippen molar-refractivity contribution in [1.29, 1.82) is 0 Å². The van der Waals surface area contributed by atoms with E-state index >= 15 is 0 Å². The van der Waals surface area contributed by atoms with Crippen LogP contribution in [-0.2, 0) is 4.79 Å². The van der Waals surface area contributed by atoms with Gasteiger partial charge in [0.2, 0.25) is 5.91 Å². The van der Waals surface area contributed by atoms with Gasteiger partial charge in [0, 0.05) is 25.4 Å². The van der Waals surface area contributed by atoms with Gasteiger partial charge < -0.3 is 10.6 Å². The van der Waals surface area contributed by atoms with Gasteiger partial charge >= 0.3 is 0 Å². The fraction of sp³-hybridized carbons (Fsp3) is 0.909.